The van der Waals surface area contributed by atoms with E-state index in [0.717, 1.165) is 0 Å². The number of amides is 1. The Kier molecular flexibility index (Phi) is 5.17. The molecule has 0 atom stereocenters. The number of nitrogen functional groups attached to an aromatic ring is 1. The zero-order valence-corrected chi connectivity index (χ0v) is 13.0. The van der Waals surface area contributed by atoms with E-state index in [-0.39, 0.29) is 28.3 Å². The number of nitrogens with two attached hydrogens (primary N) is 1. The molecule has 0 fully saturated rings. The molecule has 21 heavy (non-hydrogen) atoms. The molecule has 110 valence electrons. The number of benzene rings is 2. The Morgan fingerprint density at radius 2 is 1.81 bits per heavy atom. The minimum Gasteiger partial charge on any atom is -0.481 e. The molecule has 0 unspecified atom stereocenters. The highest BCUT2D eigenvalue weighted by atomic mass is 35.5. The monoisotopic (exact) mass is 344 g/mol. The maximum atomic E-state index is 11.8. The summed E-state index contributed by atoms with van der Waals surface area (Å²) in [4.78, 5) is 11.8. The second kappa shape index (κ2) is 6.89. The van der Waals surface area contributed by atoms with Crippen molar-refractivity contribution in [3.63, 3.8) is 0 Å². The van der Waals surface area contributed by atoms with Gasteiger partial charge in [0.1, 0.15) is 0 Å². The van der Waals surface area contributed by atoms with Crippen molar-refractivity contribution in [3.8, 4) is 5.75 Å². The number of carbonyl (C=O) groups is 1. The Hall–Kier alpha value is -1.62. The molecule has 0 heterocycles. The molecule has 4 nitrogen and oxygen atoms in total. The van der Waals surface area contributed by atoms with Crippen LogP contribution in [-0.2, 0) is 4.79 Å². The molecule has 2 rings (SSSR count). The lowest BCUT2D eigenvalue weighted by atomic mass is 10.3. The number of carbonyl (C=O) groups excluding carboxylic acids is 1. The van der Waals surface area contributed by atoms with Crippen LogP contribution in [0.1, 0.15) is 0 Å². The second-order valence-electron chi connectivity index (χ2n) is 4.16. The zero-order chi connectivity index (χ0) is 15.4. The van der Waals surface area contributed by atoms with E-state index in [9.17, 15) is 4.79 Å². The predicted octanol–water partition coefficient (Wildman–Crippen LogP) is 4.25. The zero-order valence-electron chi connectivity index (χ0n) is 10.7. The summed E-state index contributed by atoms with van der Waals surface area (Å²) in [6, 6.07) is 9.78. The SMILES string of the molecule is Nc1cc(Cl)c(OCC(=O)Nc2cccc(Cl)c2)c(Cl)c1. The summed E-state index contributed by atoms with van der Waals surface area (Å²) in [5.41, 5.74) is 6.58. The van der Waals surface area contributed by atoms with Gasteiger partial charge >= 0.3 is 0 Å². The van der Waals surface area contributed by atoms with Gasteiger partial charge in [0.15, 0.2) is 12.4 Å². The van der Waals surface area contributed by atoms with E-state index >= 15 is 0 Å². The van der Waals surface area contributed by atoms with Crippen LogP contribution in [0.3, 0.4) is 0 Å². The van der Waals surface area contributed by atoms with Crippen LogP contribution in [0.5, 0.6) is 5.75 Å². The van der Waals surface area contributed by atoms with E-state index in [1.165, 1.54) is 12.1 Å². The van der Waals surface area contributed by atoms with E-state index in [0.29, 0.717) is 16.4 Å². The number of hydrogen-bond donors (Lipinski definition) is 2. The van der Waals surface area contributed by atoms with Crippen LogP contribution >= 0.6 is 34.8 Å². The van der Waals surface area contributed by atoms with Crippen LogP contribution in [0.2, 0.25) is 15.1 Å². The van der Waals surface area contributed by atoms with Crippen molar-refractivity contribution in [2.24, 2.45) is 0 Å². The van der Waals surface area contributed by atoms with E-state index in [1.807, 2.05) is 0 Å². The van der Waals surface area contributed by atoms with Crippen molar-refractivity contribution in [2.45, 2.75) is 0 Å². The van der Waals surface area contributed by atoms with Gasteiger partial charge < -0.3 is 15.8 Å². The molecule has 7 heteroatoms. The largest absolute Gasteiger partial charge is 0.481 e. The molecule has 0 aliphatic carbocycles. The molecule has 0 saturated heterocycles. The maximum Gasteiger partial charge on any atom is 0.262 e. The van der Waals surface area contributed by atoms with Crippen LogP contribution in [0.25, 0.3) is 0 Å². The van der Waals surface area contributed by atoms with E-state index in [4.69, 9.17) is 45.3 Å². The smallest absolute Gasteiger partial charge is 0.262 e. The van der Waals surface area contributed by atoms with Crippen LogP contribution in [-0.4, -0.2) is 12.5 Å². The van der Waals surface area contributed by atoms with Gasteiger partial charge in [-0.15, -0.1) is 0 Å². The van der Waals surface area contributed by atoms with Gasteiger partial charge in [-0.2, -0.15) is 0 Å². The molecule has 0 bridgehead atoms. The summed E-state index contributed by atoms with van der Waals surface area (Å²) >= 11 is 17.7. The van der Waals surface area contributed by atoms with Crippen molar-refractivity contribution in [1.82, 2.24) is 0 Å². The first-order valence-corrected chi connectivity index (χ1v) is 7.02. The quantitative estimate of drug-likeness (QED) is 0.814. The third-order valence-corrected chi connectivity index (χ3v) is 3.27. The van der Waals surface area contributed by atoms with Gasteiger partial charge in [-0.05, 0) is 30.3 Å². The molecule has 2 aromatic carbocycles. The first kappa shape index (κ1) is 15.8. The summed E-state index contributed by atoms with van der Waals surface area (Å²) in [6.45, 7) is -0.240. The van der Waals surface area contributed by atoms with Crippen molar-refractivity contribution >= 4 is 52.1 Å². The lowest BCUT2D eigenvalue weighted by Gasteiger charge is -2.11. The average molecular weight is 346 g/mol. The topological polar surface area (TPSA) is 64.3 Å². The van der Waals surface area contributed by atoms with Gasteiger partial charge in [0, 0.05) is 16.4 Å². The normalized spacial score (nSPS) is 10.2. The molecule has 0 aliphatic rings. The minimum atomic E-state index is -0.360. The molecule has 0 saturated carbocycles. The molecule has 0 aromatic heterocycles. The third kappa shape index (κ3) is 4.43. The summed E-state index contributed by atoms with van der Waals surface area (Å²) in [5.74, 6) is -0.144. The Morgan fingerprint density at radius 1 is 1.14 bits per heavy atom. The number of rotatable bonds is 4. The van der Waals surface area contributed by atoms with Crippen molar-refractivity contribution in [1.29, 1.82) is 0 Å². The van der Waals surface area contributed by atoms with Gasteiger partial charge in [0.2, 0.25) is 0 Å². The van der Waals surface area contributed by atoms with Crippen molar-refractivity contribution in [2.75, 3.05) is 17.7 Å². The summed E-state index contributed by atoms with van der Waals surface area (Å²) in [5, 5.41) is 3.66. The lowest BCUT2D eigenvalue weighted by Crippen LogP contribution is -2.20. The van der Waals surface area contributed by atoms with E-state index in [2.05, 4.69) is 5.32 Å². The van der Waals surface area contributed by atoms with Crippen molar-refractivity contribution in [3.05, 3.63) is 51.5 Å². The summed E-state index contributed by atoms with van der Waals surface area (Å²) in [6.07, 6.45) is 0. The van der Waals surface area contributed by atoms with E-state index < -0.39 is 0 Å². The summed E-state index contributed by atoms with van der Waals surface area (Å²) < 4.78 is 5.32. The lowest BCUT2D eigenvalue weighted by molar-refractivity contribution is -0.118. The van der Waals surface area contributed by atoms with Crippen LogP contribution in [0, 0.1) is 0 Å². The molecular formula is C14H11Cl3N2O2. The molecule has 0 radical (unpaired) electrons. The number of anilines is 2. The minimum absolute atomic E-state index is 0.216. The maximum absolute atomic E-state index is 11.8. The number of halogens is 3. The molecule has 0 spiro atoms. The summed E-state index contributed by atoms with van der Waals surface area (Å²) in [7, 11) is 0. The van der Waals surface area contributed by atoms with Crippen LogP contribution < -0.4 is 15.8 Å². The van der Waals surface area contributed by atoms with E-state index in [1.54, 1.807) is 24.3 Å². The number of ether oxygens (including phenoxy) is 1. The van der Waals surface area contributed by atoms with Gasteiger partial charge in [-0.25, -0.2) is 0 Å². The molecule has 2 aromatic rings. The molecular weight excluding hydrogens is 335 g/mol. The highest BCUT2D eigenvalue weighted by molar-refractivity contribution is 6.37. The van der Waals surface area contributed by atoms with Gasteiger partial charge in [-0.1, -0.05) is 40.9 Å². The number of nitrogens with one attached hydrogen (secondary N) is 1. The first-order valence-electron chi connectivity index (χ1n) is 5.88. The molecule has 1 amide bonds. The Bertz CT molecular complexity index is 654. The number of hydrogen-bond acceptors (Lipinski definition) is 3. The van der Waals surface area contributed by atoms with Crippen LogP contribution in [0.15, 0.2) is 36.4 Å². The predicted molar refractivity (Wildman–Crippen MR) is 86.5 cm³/mol. The van der Waals surface area contributed by atoms with Gasteiger partial charge in [-0.3, -0.25) is 4.79 Å². The van der Waals surface area contributed by atoms with Crippen LogP contribution in [0.4, 0.5) is 11.4 Å². The molecule has 3 N–H and O–H groups in total. The standard InChI is InChI=1S/C14H11Cl3N2O2/c15-8-2-1-3-10(4-8)19-13(20)7-21-14-11(16)5-9(18)6-12(14)17/h1-6H,7,18H2,(H,19,20). The molecule has 0 aliphatic heterocycles. The Morgan fingerprint density at radius 3 is 2.43 bits per heavy atom. The fourth-order valence-electron chi connectivity index (χ4n) is 1.62. The fraction of sp³-hybridized carbons (Fsp3) is 0.0714. The Balaban J connectivity index is 1.99. The second-order valence-corrected chi connectivity index (χ2v) is 5.41. The Labute approximate surface area is 136 Å². The highest BCUT2D eigenvalue weighted by Gasteiger charge is 2.11. The fourth-order valence-corrected chi connectivity index (χ4v) is 2.42. The van der Waals surface area contributed by atoms with Gasteiger partial charge in [0.25, 0.3) is 5.91 Å². The van der Waals surface area contributed by atoms with Gasteiger partial charge in [0.05, 0.1) is 10.0 Å². The highest BCUT2D eigenvalue weighted by Crippen LogP contribution is 2.35. The third-order valence-electron chi connectivity index (χ3n) is 2.48. The van der Waals surface area contributed by atoms with Crippen molar-refractivity contribution < 1.29 is 9.53 Å². The first-order chi connectivity index (χ1) is 9.95. The average Bonchev–Trinajstić information content (AvgIpc) is 2.37.